The zero-order chi connectivity index (χ0) is 9.42. The molecule has 13 heavy (non-hydrogen) atoms. The van der Waals surface area contributed by atoms with Crippen LogP contribution in [0.4, 0.5) is 4.39 Å². The van der Waals surface area contributed by atoms with Gasteiger partial charge < -0.3 is 9.52 Å². The second-order valence-electron chi connectivity index (χ2n) is 2.98. The lowest BCUT2D eigenvalue weighted by Crippen LogP contribution is -1.77. The van der Waals surface area contributed by atoms with Crippen molar-refractivity contribution < 1.29 is 13.9 Å². The molecule has 0 bridgehead atoms. The van der Waals surface area contributed by atoms with Gasteiger partial charge in [-0.2, -0.15) is 0 Å². The summed E-state index contributed by atoms with van der Waals surface area (Å²) in [5.74, 6) is 0.00324. The fraction of sp³-hybridized carbons (Fsp3) is 0.200. The van der Waals surface area contributed by atoms with Gasteiger partial charge in [0.25, 0.3) is 0 Å². The quantitative estimate of drug-likeness (QED) is 0.730. The number of aryl methyl sites for hydroxylation is 1. The van der Waals surface area contributed by atoms with Crippen LogP contribution >= 0.6 is 0 Å². The molecule has 0 fully saturated rings. The van der Waals surface area contributed by atoms with Crippen LogP contribution in [0.15, 0.2) is 22.6 Å². The number of aliphatic hydroxyl groups is 1. The highest BCUT2D eigenvalue weighted by molar-refractivity contribution is 5.81. The maximum absolute atomic E-state index is 13.1. The third-order valence-corrected chi connectivity index (χ3v) is 2.06. The molecule has 0 aliphatic heterocycles. The monoisotopic (exact) mass is 180 g/mol. The van der Waals surface area contributed by atoms with E-state index >= 15 is 0 Å². The van der Waals surface area contributed by atoms with Gasteiger partial charge in [0.15, 0.2) is 11.4 Å². The highest BCUT2D eigenvalue weighted by Crippen LogP contribution is 2.25. The summed E-state index contributed by atoms with van der Waals surface area (Å²) in [5.41, 5.74) is 1.17. The lowest BCUT2D eigenvalue weighted by molar-refractivity contribution is 0.250. The molecule has 0 spiro atoms. The van der Waals surface area contributed by atoms with Crippen LogP contribution in [0.25, 0.3) is 11.0 Å². The van der Waals surface area contributed by atoms with E-state index < -0.39 is 0 Å². The van der Waals surface area contributed by atoms with Crippen molar-refractivity contribution >= 4 is 11.0 Å². The first kappa shape index (κ1) is 8.26. The molecule has 2 rings (SSSR count). The first-order chi connectivity index (χ1) is 6.22. The first-order valence-corrected chi connectivity index (χ1v) is 4.01. The molecule has 0 amide bonds. The van der Waals surface area contributed by atoms with Crippen LogP contribution in [-0.4, -0.2) is 5.11 Å². The molecule has 2 nitrogen and oxygen atoms in total. The van der Waals surface area contributed by atoms with Gasteiger partial charge in [0, 0.05) is 5.39 Å². The Kier molecular flexibility index (Phi) is 1.81. The highest BCUT2D eigenvalue weighted by atomic mass is 19.1. The van der Waals surface area contributed by atoms with Crippen LogP contribution in [0.1, 0.15) is 11.3 Å². The molecule has 0 aliphatic carbocycles. The van der Waals surface area contributed by atoms with Crippen molar-refractivity contribution in [2.45, 2.75) is 13.5 Å². The summed E-state index contributed by atoms with van der Waals surface area (Å²) in [5, 5.41) is 9.53. The van der Waals surface area contributed by atoms with E-state index in [4.69, 9.17) is 9.52 Å². The highest BCUT2D eigenvalue weighted by Gasteiger charge is 2.09. The number of furan rings is 1. The molecule has 1 aromatic heterocycles. The van der Waals surface area contributed by atoms with E-state index in [1.165, 1.54) is 6.07 Å². The Hall–Kier alpha value is -1.35. The molecule has 68 valence electrons. The minimum Gasteiger partial charge on any atom is -0.456 e. The van der Waals surface area contributed by atoms with Gasteiger partial charge in [-0.05, 0) is 24.6 Å². The molecule has 0 unspecified atom stereocenters. The number of fused-ring (bicyclic) bond motifs is 1. The summed E-state index contributed by atoms with van der Waals surface area (Å²) in [6.07, 6.45) is 0. The van der Waals surface area contributed by atoms with Gasteiger partial charge in [0.2, 0.25) is 0 Å². The molecule has 0 saturated carbocycles. The largest absolute Gasteiger partial charge is 0.456 e. The van der Waals surface area contributed by atoms with Crippen LogP contribution in [-0.2, 0) is 6.61 Å². The number of benzene rings is 1. The zero-order valence-electron chi connectivity index (χ0n) is 7.17. The van der Waals surface area contributed by atoms with Crippen LogP contribution in [0.3, 0.4) is 0 Å². The van der Waals surface area contributed by atoms with E-state index in [0.29, 0.717) is 5.76 Å². The van der Waals surface area contributed by atoms with E-state index in [0.717, 1.165) is 10.9 Å². The number of hydrogen-bond acceptors (Lipinski definition) is 2. The van der Waals surface area contributed by atoms with Crippen molar-refractivity contribution in [1.29, 1.82) is 0 Å². The van der Waals surface area contributed by atoms with Crippen molar-refractivity contribution in [2.24, 2.45) is 0 Å². The molecular weight excluding hydrogens is 171 g/mol. The lowest BCUT2D eigenvalue weighted by Gasteiger charge is -1.93. The summed E-state index contributed by atoms with van der Waals surface area (Å²) in [6.45, 7) is 1.67. The van der Waals surface area contributed by atoms with Gasteiger partial charge in [-0.1, -0.05) is 6.07 Å². The predicted molar refractivity (Wildman–Crippen MR) is 46.8 cm³/mol. The molecular formula is C10H9FO2. The van der Waals surface area contributed by atoms with Crippen molar-refractivity contribution in [3.8, 4) is 0 Å². The predicted octanol–water partition coefficient (Wildman–Crippen LogP) is 2.37. The number of hydrogen-bond donors (Lipinski definition) is 1. The fourth-order valence-electron chi connectivity index (χ4n) is 1.35. The maximum atomic E-state index is 13.1. The van der Waals surface area contributed by atoms with E-state index in [1.807, 2.05) is 6.92 Å². The summed E-state index contributed by atoms with van der Waals surface area (Å²) >= 11 is 0. The maximum Gasteiger partial charge on any atom is 0.170 e. The molecule has 3 heteroatoms. The fourth-order valence-corrected chi connectivity index (χ4v) is 1.35. The van der Waals surface area contributed by atoms with Crippen molar-refractivity contribution in [2.75, 3.05) is 0 Å². The van der Waals surface area contributed by atoms with Gasteiger partial charge in [-0.3, -0.25) is 0 Å². The van der Waals surface area contributed by atoms with Crippen molar-refractivity contribution in [3.05, 3.63) is 35.3 Å². The van der Waals surface area contributed by atoms with Gasteiger partial charge in [0.1, 0.15) is 12.4 Å². The Morgan fingerprint density at radius 1 is 1.46 bits per heavy atom. The van der Waals surface area contributed by atoms with Gasteiger partial charge in [-0.25, -0.2) is 4.39 Å². The SMILES string of the molecule is Cc1ccc(F)c2oc(CO)cc12. The molecule has 1 aromatic carbocycles. The van der Waals surface area contributed by atoms with E-state index in [-0.39, 0.29) is 18.0 Å². The van der Waals surface area contributed by atoms with E-state index in [1.54, 1.807) is 12.1 Å². The second kappa shape index (κ2) is 2.85. The molecule has 0 atom stereocenters. The minimum absolute atomic E-state index is 0.201. The summed E-state index contributed by atoms with van der Waals surface area (Å²) in [6, 6.07) is 4.71. The van der Waals surface area contributed by atoms with E-state index in [9.17, 15) is 4.39 Å². The Labute approximate surface area is 74.6 Å². The Morgan fingerprint density at radius 3 is 2.85 bits per heavy atom. The van der Waals surface area contributed by atoms with Crippen molar-refractivity contribution in [1.82, 2.24) is 0 Å². The molecule has 0 saturated heterocycles. The molecule has 1 N–H and O–H groups in total. The average molecular weight is 180 g/mol. The summed E-state index contributed by atoms with van der Waals surface area (Å²) < 4.78 is 18.2. The lowest BCUT2D eigenvalue weighted by atomic mass is 10.1. The Bertz CT molecular complexity index is 406. The number of halogens is 1. The Morgan fingerprint density at radius 2 is 2.23 bits per heavy atom. The number of aliphatic hydroxyl groups excluding tert-OH is 1. The minimum atomic E-state index is -0.389. The van der Waals surface area contributed by atoms with Crippen LogP contribution in [0.5, 0.6) is 0 Å². The standard InChI is InChI=1S/C10H9FO2/c1-6-2-3-9(11)10-8(6)4-7(5-12)13-10/h2-4,12H,5H2,1H3. The third-order valence-electron chi connectivity index (χ3n) is 2.06. The van der Waals surface area contributed by atoms with Crippen LogP contribution in [0, 0.1) is 12.7 Å². The Balaban J connectivity index is 2.80. The van der Waals surface area contributed by atoms with Crippen molar-refractivity contribution in [3.63, 3.8) is 0 Å². The molecule has 0 radical (unpaired) electrons. The summed E-state index contributed by atoms with van der Waals surface area (Å²) in [4.78, 5) is 0. The van der Waals surface area contributed by atoms with E-state index in [2.05, 4.69) is 0 Å². The van der Waals surface area contributed by atoms with Crippen LogP contribution in [0.2, 0.25) is 0 Å². The first-order valence-electron chi connectivity index (χ1n) is 4.01. The third kappa shape index (κ3) is 1.21. The van der Waals surface area contributed by atoms with Gasteiger partial charge in [0.05, 0.1) is 0 Å². The zero-order valence-corrected chi connectivity index (χ0v) is 7.17. The second-order valence-corrected chi connectivity index (χ2v) is 2.98. The van der Waals surface area contributed by atoms with Gasteiger partial charge >= 0.3 is 0 Å². The number of rotatable bonds is 1. The summed E-state index contributed by atoms with van der Waals surface area (Å²) in [7, 11) is 0. The average Bonchev–Trinajstić information content (AvgIpc) is 2.56. The molecule has 2 aromatic rings. The smallest absolute Gasteiger partial charge is 0.170 e. The molecule has 1 heterocycles. The van der Waals surface area contributed by atoms with Gasteiger partial charge in [-0.15, -0.1) is 0 Å². The van der Waals surface area contributed by atoms with Crippen LogP contribution < -0.4 is 0 Å². The molecule has 0 aliphatic rings. The normalized spacial score (nSPS) is 11.0. The topological polar surface area (TPSA) is 33.4 Å².